The molecule has 1 rings (SSSR count). The van der Waals surface area contributed by atoms with Crippen molar-refractivity contribution in [2.75, 3.05) is 24.3 Å². The first kappa shape index (κ1) is 14.4. The van der Waals surface area contributed by atoms with E-state index in [1.807, 2.05) is 0 Å². The third-order valence-electron chi connectivity index (χ3n) is 2.41. The second kappa shape index (κ2) is 7.66. The fourth-order valence-electron chi connectivity index (χ4n) is 1.44. The maximum Gasteiger partial charge on any atom is 0.250 e. The predicted molar refractivity (Wildman–Crippen MR) is 69.8 cm³/mol. The Bertz CT molecular complexity index is 397. The average Bonchev–Trinajstić information content (AvgIpc) is 2.34. The van der Waals surface area contributed by atoms with E-state index in [4.69, 9.17) is 10.5 Å². The molecule has 0 aliphatic heterocycles. The number of nitrogens with one attached hydrogen (secondary N) is 1. The number of hydrogen-bond acceptors (Lipinski definition) is 3. The van der Waals surface area contributed by atoms with Gasteiger partial charge in [-0.2, -0.15) is 0 Å². The highest BCUT2D eigenvalue weighted by molar-refractivity contribution is 5.92. The van der Waals surface area contributed by atoms with Gasteiger partial charge in [-0.3, -0.25) is 4.79 Å². The minimum atomic E-state index is -0.496. The summed E-state index contributed by atoms with van der Waals surface area (Å²) < 4.78 is 18.1. The van der Waals surface area contributed by atoms with Crippen molar-refractivity contribution in [3.63, 3.8) is 0 Å². The number of anilines is 2. The minimum absolute atomic E-state index is 0.000988. The summed E-state index contributed by atoms with van der Waals surface area (Å²) in [7, 11) is 0. The van der Waals surface area contributed by atoms with E-state index < -0.39 is 5.82 Å². The lowest BCUT2D eigenvalue weighted by Crippen LogP contribution is -2.18. The minimum Gasteiger partial charge on any atom is -0.396 e. The van der Waals surface area contributed by atoms with Crippen LogP contribution in [0, 0.1) is 5.82 Å². The van der Waals surface area contributed by atoms with E-state index in [1.54, 1.807) is 0 Å². The van der Waals surface area contributed by atoms with Crippen molar-refractivity contribution in [1.82, 2.24) is 0 Å². The molecule has 1 aromatic carbocycles. The number of unbranched alkanes of at least 4 members (excludes halogenated alkanes) is 2. The summed E-state index contributed by atoms with van der Waals surface area (Å²) in [5, 5.41) is 2.59. The van der Waals surface area contributed by atoms with Crippen LogP contribution in [0.5, 0.6) is 0 Å². The van der Waals surface area contributed by atoms with E-state index in [0.29, 0.717) is 12.3 Å². The van der Waals surface area contributed by atoms with Crippen molar-refractivity contribution in [2.24, 2.45) is 0 Å². The van der Waals surface area contributed by atoms with Crippen LogP contribution < -0.4 is 11.1 Å². The molecule has 0 radical (unpaired) electrons. The van der Waals surface area contributed by atoms with Gasteiger partial charge in [0.05, 0.1) is 5.69 Å². The Balaban J connectivity index is 2.29. The van der Waals surface area contributed by atoms with Crippen LogP contribution in [0.2, 0.25) is 0 Å². The summed E-state index contributed by atoms with van der Waals surface area (Å²) in [6.45, 7) is 2.68. The molecular formula is C13H19FN2O2. The summed E-state index contributed by atoms with van der Waals surface area (Å²) in [5.41, 5.74) is 5.87. The van der Waals surface area contributed by atoms with Crippen molar-refractivity contribution in [1.29, 1.82) is 0 Å². The fourth-order valence-corrected chi connectivity index (χ4v) is 1.44. The molecule has 0 heterocycles. The number of rotatable bonds is 7. The molecule has 3 N–H and O–H groups in total. The fraction of sp³-hybridized carbons (Fsp3) is 0.462. The lowest BCUT2D eigenvalue weighted by molar-refractivity contribution is -0.120. The van der Waals surface area contributed by atoms with E-state index in [1.165, 1.54) is 18.2 Å². The molecule has 0 saturated heterocycles. The summed E-state index contributed by atoms with van der Waals surface area (Å²) in [6, 6.07) is 4.05. The van der Waals surface area contributed by atoms with Gasteiger partial charge in [0.1, 0.15) is 12.4 Å². The van der Waals surface area contributed by atoms with Gasteiger partial charge in [0, 0.05) is 12.3 Å². The first-order valence-corrected chi connectivity index (χ1v) is 6.06. The highest BCUT2D eigenvalue weighted by Gasteiger charge is 2.04. The lowest BCUT2D eigenvalue weighted by Gasteiger charge is -2.07. The van der Waals surface area contributed by atoms with E-state index in [-0.39, 0.29) is 18.2 Å². The molecule has 0 fully saturated rings. The van der Waals surface area contributed by atoms with Gasteiger partial charge in [0.2, 0.25) is 5.91 Å². The summed E-state index contributed by atoms with van der Waals surface area (Å²) in [6.07, 6.45) is 3.16. The largest absolute Gasteiger partial charge is 0.396 e. The molecule has 1 aromatic rings. The SMILES string of the molecule is CCCCCOCC(=O)Nc1ccc(F)c(N)c1. The molecule has 18 heavy (non-hydrogen) atoms. The number of benzene rings is 1. The molecule has 0 aliphatic carbocycles. The average molecular weight is 254 g/mol. The molecule has 100 valence electrons. The molecule has 0 unspecified atom stereocenters. The highest BCUT2D eigenvalue weighted by Crippen LogP contribution is 2.16. The van der Waals surface area contributed by atoms with Crippen LogP contribution in [0.3, 0.4) is 0 Å². The molecule has 0 aliphatic rings. The second-order valence-corrected chi connectivity index (χ2v) is 4.04. The summed E-state index contributed by atoms with van der Waals surface area (Å²) in [4.78, 5) is 11.5. The Labute approximate surface area is 106 Å². The van der Waals surface area contributed by atoms with Crippen molar-refractivity contribution in [3.05, 3.63) is 24.0 Å². The van der Waals surface area contributed by atoms with Crippen LogP contribution in [0.4, 0.5) is 15.8 Å². The molecule has 0 saturated carbocycles. The topological polar surface area (TPSA) is 64.3 Å². The molecule has 1 amide bonds. The number of halogens is 1. The molecule has 4 nitrogen and oxygen atoms in total. The standard InChI is InChI=1S/C13H19FN2O2/c1-2-3-4-7-18-9-13(17)16-10-5-6-11(14)12(15)8-10/h5-6,8H,2-4,7,9,15H2,1H3,(H,16,17). The van der Waals surface area contributed by atoms with Crippen molar-refractivity contribution < 1.29 is 13.9 Å². The molecule has 0 spiro atoms. The van der Waals surface area contributed by atoms with Gasteiger partial charge >= 0.3 is 0 Å². The molecule has 0 atom stereocenters. The van der Waals surface area contributed by atoms with E-state index in [9.17, 15) is 9.18 Å². The van der Waals surface area contributed by atoms with Gasteiger partial charge in [-0.05, 0) is 24.6 Å². The third-order valence-corrected chi connectivity index (χ3v) is 2.41. The monoisotopic (exact) mass is 254 g/mol. The van der Waals surface area contributed by atoms with Gasteiger partial charge in [-0.25, -0.2) is 4.39 Å². The van der Waals surface area contributed by atoms with Crippen LogP contribution >= 0.6 is 0 Å². The Kier molecular flexibility index (Phi) is 6.14. The molecular weight excluding hydrogens is 235 g/mol. The first-order chi connectivity index (χ1) is 8.63. The molecule has 0 aromatic heterocycles. The molecule has 5 heteroatoms. The highest BCUT2D eigenvalue weighted by atomic mass is 19.1. The number of amides is 1. The van der Waals surface area contributed by atoms with E-state index >= 15 is 0 Å². The smallest absolute Gasteiger partial charge is 0.250 e. The van der Waals surface area contributed by atoms with E-state index in [0.717, 1.165) is 19.3 Å². The number of carbonyl (C=O) groups is 1. The summed E-state index contributed by atoms with van der Waals surface area (Å²) in [5.74, 6) is -0.763. The van der Waals surface area contributed by atoms with Gasteiger partial charge in [-0.15, -0.1) is 0 Å². The lowest BCUT2D eigenvalue weighted by atomic mass is 10.2. The number of nitrogens with two attached hydrogens (primary N) is 1. The van der Waals surface area contributed by atoms with Crippen LogP contribution in [0.15, 0.2) is 18.2 Å². The third kappa shape index (κ3) is 5.14. The number of carbonyl (C=O) groups excluding carboxylic acids is 1. The Morgan fingerprint density at radius 2 is 2.22 bits per heavy atom. The van der Waals surface area contributed by atoms with E-state index in [2.05, 4.69) is 12.2 Å². The summed E-state index contributed by atoms with van der Waals surface area (Å²) >= 11 is 0. The zero-order valence-corrected chi connectivity index (χ0v) is 10.5. The quantitative estimate of drug-likeness (QED) is 0.580. The zero-order chi connectivity index (χ0) is 13.4. The van der Waals surface area contributed by atoms with Gasteiger partial charge in [0.15, 0.2) is 0 Å². The van der Waals surface area contributed by atoms with Crippen molar-refractivity contribution >= 4 is 17.3 Å². The first-order valence-electron chi connectivity index (χ1n) is 6.06. The van der Waals surface area contributed by atoms with Crippen LogP contribution in [-0.2, 0) is 9.53 Å². The number of nitrogen functional groups attached to an aromatic ring is 1. The number of ether oxygens (including phenoxy) is 1. The van der Waals surface area contributed by atoms with Crippen LogP contribution in [0.25, 0.3) is 0 Å². The maximum absolute atomic E-state index is 12.9. The van der Waals surface area contributed by atoms with Gasteiger partial charge in [0.25, 0.3) is 0 Å². The Morgan fingerprint density at radius 1 is 1.44 bits per heavy atom. The van der Waals surface area contributed by atoms with Crippen LogP contribution in [0.1, 0.15) is 26.2 Å². The van der Waals surface area contributed by atoms with Crippen molar-refractivity contribution in [3.8, 4) is 0 Å². The normalized spacial score (nSPS) is 10.3. The van der Waals surface area contributed by atoms with Crippen LogP contribution in [-0.4, -0.2) is 19.1 Å². The number of hydrogen-bond donors (Lipinski definition) is 2. The molecule has 0 bridgehead atoms. The predicted octanol–water partition coefficient (Wildman–Crippen LogP) is 2.55. The maximum atomic E-state index is 12.9. The van der Waals surface area contributed by atoms with Gasteiger partial charge < -0.3 is 15.8 Å². The zero-order valence-electron chi connectivity index (χ0n) is 10.5. The second-order valence-electron chi connectivity index (χ2n) is 4.04. The Morgan fingerprint density at radius 3 is 2.89 bits per heavy atom. The Hall–Kier alpha value is -1.62. The van der Waals surface area contributed by atoms with Gasteiger partial charge in [-0.1, -0.05) is 19.8 Å². The van der Waals surface area contributed by atoms with Crippen molar-refractivity contribution in [2.45, 2.75) is 26.2 Å².